The summed E-state index contributed by atoms with van der Waals surface area (Å²) < 4.78 is 13.0. The van der Waals surface area contributed by atoms with Crippen molar-refractivity contribution in [3.05, 3.63) is 35.6 Å². The highest BCUT2D eigenvalue weighted by Crippen LogP contribution is 2.33. The van der Waals surface area contributed by atoms with Crippen LogP contribution in [0.1, 0.15) is 24.8 Å². The molecule has 1 aliphatic rings. The number of nitrogens with one attached hydrogen (secondary N) is 1. The lowest BCUT2D eigenvalue weighted by molar-refractivity contribution is -0.121. The van der Waals surface area contributed by atoms with Crippen LogP contribution in [0.5, 0.6) is 0 Å². The number of rotatable bonds is 6. The highest BCUT2D eigenvalue weighted by atomic mass is 19.1. The molecule has 2 rings (SSSR count). The van der Waals surface area contributed by atoms with Crippen LogP contribution in [-0.2, 0) is 11.2 Å². The second kappa shape index (κ2) is 5.96. The molecule has 18 heavy (non-hydrogen) atoms. The molecule has 4 heteroatoms. The van der Waals surface area contributed by atoms with E-state index in [9.17, 15) is 9.18 Å². The lowest BCUT2D eigenvalue weighted by atomic mass is 10.1. The quantitative estimate of drug-likeness (QED) is 0.807. The number of aliphatic hydroxyl groups is 1. The van der Waals surface area contributed by atoms with Crippen molar-refractivity contribution < 1.29 is 14.3 Å². The van der Waals surface area contributed by atoms with Crippen LogP contribution in [0, 0.1) is 11.7 Å². The molecule has 0 aromatic heterocycles. The monoisotopic (exact) mass is 251 g/mol. The van der Waals surface area contributed by atoms with Gasteiger partial charge in [-0.05, 0) is 42.9 Å². The third-order valence-electron chi connectivity index (χ3n) is 3.23. The summed E-state index contributed by atoms with van der Waals surface area (Å²) in [6, 6.07) is 6.14. The number of carbonyl (C=O) groups is 1. The average molecular weight is 251 g/mol. The molecule has 2 N–H and O–H groups in total. The normalized spacial score (nSPS) is 16.3. The van der Waals surface area contributed by atoms with Crippen molar-refractivity contribution in [2.75, 3.05) is 6.61 Å². The van der Waals surface area contributed by atoms with E-state index in [4.69, 9.17) is 5.11 Å². The number of halogens is 1. The Labute approximate surface area is 106 Å². The third-order valence-corrected chi connectivity index (χ3v) is 3.23. The zero-order valence-corrected chi connectivity index (χ0v) is 10.2. The van der Waals surface area contributed by atoms with Gasteiger partial charge in [0.05, 0.1) is 6.42 Å². The molecule has 3 nitrogen and oxygen atoms in total. The Morgan fingerprint density at radius 3 is 2.89 bits per heavy atom. The molecule has 1 aromatic carbocycles. The van der Waals surface area contributed by atoms with E-state index in [1.54, 1.807) is 12.1 Å². The molecule has 1 atom stereocenters. The fourth-order valence-corrected chi connectivity index (χ4v) is 2.15. The maximum absolute atomic E-state index is 13.0. The Hall–Kier alpha value is -1.42. The van der Waals surface area contributed by atoms with Gasteiger partial charge in [0.2, 0.25) is 5.91 Å². The van der Waals surface area contributed by atoms with Gasteiger partial charge in [-0.1, -0.05) is 12.1 Å². The maximum atomic E-state index is 13.0. The Morgan fingerprint density at radius 1 is 1.50 bits per heavy atom. The highest BCUT2D eigenvalue weighted by Gasteiger charge is 2.31. The van der Waals surface area contributed by atoms with Gasteiger partial charge in [0.25, 0.3) is 0 Å². The molecule has 0 bridgehead atoms. The number of benzene rings is 1. The lowest BCUT2D eigenvalue weighted by Crippen LogP contribution is -2.38. The summed E-state index contributed by atoms with van der Waals surface area (Å²) in [4.78, 5) is 11.8. The summed E-state index contributed by atoms with van der Waals surface area (Å²) in [5.41, 5.74) is 0.672. The third kappa shape index (κ3) is 3.81. The standard InChI is InChI=1S/C14H18FNO2/c15-12-3-1-2-10(8-12)9-14(18)16-13(6-7-17)11-4-5-11/h1-3,8,11,13,17H,4-7,9H2,(H,16,18). The Bertz CT molecular complexity index is 418. The smallest absolute Gasteiger partial charge is 0.224 e. The predicted molar refractivity (Wildman–Crippen MR) is 66.5 cm³/mol. The molecule has 1 unspecified atom stereocenters. The van der Waals surface area contributed by atoms with Crippen LogP contribution in [0.3, 0.4) is 0 Å². The van der Waals surface area contributed by atoms with Crippen LogP contribution in [0.4, 0.5) is 4.39 Å². The Morgan fingerprint density at radius 2 is 2.28 bits per heavy atom. The summed E-state index contributed by atoms with van der Waals surface area (Å²) in [5.74, 6) is 0.0777. The second-order valence-corrected chi connectivity index (χ2v) is 4.83. The van der Waals surface area contributed by atoms with Crippen LogP contribution < -0.4 is 5.32 Å². The van der Waals surface area contributed by atoms with E-state index >= 15 is 0 Å². The molecule has 1 amide bonds. The Balaban J connectivity index is 1.87. The molecule has 1 aromatic rings. The summed E-state index contributed by atoms with van der Waals surface area (Å²) in [6.07, 6.45) is 3.02. The largest absolute Gasteiger partial charge is 0.396 e. The highest BCUT2D eigenvalue weighted by molar-refractivity contribution is 5.78. The second-order valence-electron chi connectivity index (χ2n) is 4.83. The zero-order chi connectivity index (χ0) is 13.0. The number of hydrogen-bond donors (Lipinski definition) is 2. The predicted octanol–water partition coefficient (Wildman–Crippen LogP) is 1.65. The summed E-state index contributed by atoms with van der Waals surface area (Å²) in [7, 11) is 0. The fourth-order valence-electron chi connectivity index (χ4n) is 2.15. The summed E-state index contributed by atoms with van der Waals surface area (Å²) in [5, 5.41) is 11.9. The molecular weight excluding hydrogens is 233 g/mol. The van der Waals surface area contributed by atoms with Gasteiger partial charge in [0.15, 0.2) is 0 Å². The van der Waals surface area contributed by atoms with Crippen molar-refractivity contribution in [2.45, 2.75) is 31.7 Å². The summed E-state index contributed by atoms with van der Waals surface area (Å²) in [6.45, 7) is 0.0847. The lowest BCUT2D eigenvalue weighted by Gasteiger charge is -2.17. The van der Waals surface area contributed by atoms with E-state index in [1.165, 1.54) is 12.1 Å². The van der Waals surface area contributed by atoms with E-state index in [2.05, 4.69) is 5.32 Å². The molecule has 0 spiro atoms. The van der Waals surface area contributed by atoms with Crippen molar-refractivity contribution in [1.82, 2.24) is 5.32 Å². The first-order valence-corrected chi connectivity index (χ1v) is 6.33. The minimum Gasteiger partial charge on any atom is -0.396 e. The molecule has 0 aliphatic heterocycles. The average Bonchev–Trinajstić information content (AvgIpc) is 3.12. The first kappa shape index (κ1) is 13.0. The van der Waals surface area contributed by atoms with E-state index in [1.807, 2.05) is 0 Å². The molecule has 0 radical (unpaired) electrons. The molecule has 1 saturated carbocycles. The Kier molecular flexibility index (Phi) is 4.31. The summed E-state index contributed by atoms with van der Waals surface area (Å²) >= 11 is 0. The molecular formula is C14H18FNO2. The maximum Gasteiger partial charge on any atom is 0.224 e. The minimum absolute atomic E-state index is 0.0658. The van der Waals surface area contributed by atoms with Gasteiger partial charge in [-0.2, -0.15) is 0 Å². The molecule has 98 valence electrons. The van der Waals surface area contributed by atoms with Crippen molar-refractivity contribution in [2.24, 2.45) is 5.92 Å². The van der Waals surface area contributed by atoms with Gasteiger partial charge < -0.3 is 10.4 Å². The number of hydrogen-bond acceptors (Lipinski definition) is 2. The van der Waals surface area contributed by atoms with Crippen molar-refractivity contribution in [3.63, 3.8) is 0 Å². The van der Waals surface area contributed by atoms with Crippen LogP contribution in [0.25, 0.3) is 0 Å². The molecule has 0 saturated heterocycles. The van der Waals surface area contributed by atoms with E-state index in [0.29, 0.717) is 17.9 Å². The van der Waals surface area contributed by atoms with Crippen LogP contribution in [-0.4, -0.2) is 23.7 Å². The molecule has 0 heterocycles. The zero-order valence-electron chi connectivity index (χ0n) is 10.2. The molecule has 1 fully saturated rings. The SMILES string of the molecule is O=C(Cc1cccc(F)c1)NC(CCO)C1CC1. The van der Waals surface area contributed by atoms with Crippen LogP contribution in [0.2, 0.25) is 0 Å². The van der Waals surface area contributed by atoms with E-state index < -0.39 is 0 Å². The van der Waals surface area contributed by atoms with Gasteiger partial charge in [0.1, 0.15) is 5.82 Å². The van der Waals surface area contributed by atoms with E-state index in [-0.39, 0.29) is 30.8 Å². The van der Waals surface area contributed by atoms with Gasteiger partial charge in [-0.25, -0.2) is 4.39 Å². The number of carbonyl (C=O) groups excluding carboxylic acids is 1. The van der Waals surface area contributed by atoms with E-state index in [0.717, 1.165) is 12.8 Å². The van der Waals surface area contributed by atoms with Crippen molar-refractivity contribution in [1.29, 1.82) is 0 Å². The van der Waals surface area contributed by atoms with Gasteiger partial charge in [-0.15, -0.1) is 0 Å². The topological polar surface area (TPSA) is 49.3 Å². The van der Waals surface area contributed by atoms with Gasteiger partial charge in [-0.3, -0.25) is 4.79 Å². The van der Waals surface area contributed by atoms with Crippen molar-refractivity contribution >= 4 is 5.91 Å². The van der Waals surface area contributed by atoms with Crippen LogP contribution >= 0.6 is 0 Å². The van der Waals surface area contributed by atoms with Gasteiger partial charge in [0, 0.05) is 12.6 Å². The van der Waals surface area contributed by atoms with Crippen LogP contribution in [0.15, 0.2) is 24.3 Å². The molecule has 1 aliphatic carbocycles. The number of aliphatic hydroxyl groups excluding tert-OH is 1. The number of amides is 1. The van der Waals surface area contributed by atoms with Gasteiger partial charge >= 0.3 is 0 Å². The first-order valence-electron chi connectivity index (χ1n) is 6.33. The van der Waals surface area contributed by atoms with Crippen molar-refractivity contribution in [3.8, 4) is 0 Å². The minimum atomic E-state index is -0.325. The first-order chi connectivity index (χ1) is 8.69. The fraction of sp³-hybridized carbons (Fsp3) is 0.500.